The molecule has 5 nitrogen and oxygen atoms in total. The number of aliphatic carboxylic acids is 1. The number of carboxylic acids is 1. The Balaban J connectivity index is 2.12. The minimum atomic E-state index is -1.57. The Kier molecular flexibility index (Phi) is 4.05. The minimum absolute atomic E-state index is 0.281. The first-order valence-corrected chi connectivity index (χ1v) is 7.67. The van der Waals surface area contributed by atoms with Gasteiger partial charge in [-0.25, -0.2) is 4.79 Å². The third-order valence-electron chi connectivity index (χ3n) is 4.18. The van der Waals surface area contributed by atoms with Gasteiger partial charge >= 0.3 is 5.97 Å². The molecule has 0 saturated carbocycles. The number of pyridine rings is 1. The van der Waals surface area contributed by atoms with E-state index in [-0.39, 0.29) is 12.5 Å². The average Bonchev–Trinajstić information content (AvgIpc) is 2.94. The van der Waals surface area contributed by atoms with Crippen LogP contribution in [0.3, 0.4) is 0 Å². The number of carboxylic acid groups (broad SMARTS) is 1. The van der Waals surface area contributed by atoms with E-state index in [2.05, 4.69) is 4.98 Å². The molecule has 1 saturated heterocycles. The summed E-state index contributed by atoms with van der Waals surface area (Å²) < 4.78 is 0. The van der Waals surface area contributed by atoms with Crippen LogP contribution in [0.4, 0.5) is 0 Å². The Morgan fingerprint density at radius 1 is 1.22 bits per heavy atom. The van der Waals surface area contributed by atoms with Crippen molar-refractivity contribution >= 4 is 23.5 Å². The van der Waals surface area contributed by atoms with Crippen molar-refractivity contribution in [2.45, 2.75) is 17.3 Å². The monoisotopic (exact) mass is 330 g/mol. The van der Waals surface area contributed by atoms with Crippen molar-refractivity contribution in [1.82, 2.24) is 9.88 Å². The second-order valence-corrected chi connectivity index (χ2v) is 5.92. The van der Waals surface area contributed by atoms with Crippen LogP contribution in [-0.4, -0.2) is 38.8 Å². The zero-order valence-electron chi connectivity index (χ0n) is 12.2. The lowest BCUT2D eigenvalue weighted by atomic mass is 9.86. The zero-order chi connectivity index (χ0) is 16.4. The van der Waals surface area contributed by atoms with Crippen LogP contribution in [0.2, 0.25) is 0 Å². The largest absolute Gasteiger partial charge is 0.479 e. The number of rotatable bonds is 3. The average molecular weight is 331 g/mol. The number of benzene rings is 1. The van der Waals surface area contributed by atoms with Crippen molar-refractivity contribution < 1.29 is 14.7 Å². The number of hydrogen-bond acceptors (Lipinski definition) is 3. The summed E-state index contributed by atoms with van der Waals surface area (Å²) >= 11 is 6.40. The summed E-state index contributed by atoms with van der Waals surface area (Å²) in [5, 5.41) is 9.25. The Labute approximate surface area is 138 Å². The lowest BCUT2D eigenvalue weighted by Crippen LogP contribution is -2.54. The van der Waals surface area contributed by atoms with Crippen molar-refractivity contribution in [2.24, 2.45) is 0 Å². The lowest BCUT2D eigenvalue weighted by Gasteiger charge is -2.37. The van der Waals surface area contributed by atoms with Gasteiger partial charge in [0.25, 0.3) is 5.91 Å². The van der Waals surface area contributed by atoms with Gasteiger partial charge in [0.1, 0.15) is 0 Å². The highest BCUT2D eigenvalue weighted by atomic mass is 35.5. The second-order valence-electron chi connectivity index (χ2n) is 5.39. The van der Waals surface area contributed by atoms with E-state index in [4.69, 9.17) is 11.6 Å². The first kappa shape index (κ1) is 15.5. The van der Waals surface area contributed by atoms with E-state index in [1.807, 2.05) is 0 Å². The molecule has 2 atom stereocenters. The lowest BCUT2D eigenvalue weighted by molar-refractivity contribution is -0.148. The maximum Gasteiger partial charge on any atom is 0.335 e. The highest BCUT2D eigenvalue weighted by molar-refractivity contribution is 6.24. The van der Waals surface area contributed by atoms with E-state index < -0.39 is 16.9 Å². The number of halogens is 1. The normalized spacial score (nSPS) is 23.7. The molecule has 1 aliphatic rings. The molecule has 0 spiro atoms. The summed E-state index contributed by atoms with van der Waals surface area (Å²) in [4.78, 5) is 30.3. The molecular formula is C17H15ClN2O3. The van der Waals surface area contributed by atoms with Crippen LogP contribution in [0.5, 0.6) is 0 Å². The predicted molar refractivity (Wildman–Crippen MR) is 85.3 cm³/mol. The van der Waals surface area contributed by atoms with Crippen LogP contribution in [0.25, 0.3) is 0 Å². The Morgan fingerprint density at radius 2 is 1.96 bits per heavy atom. The summed E-state index contributed by atoms with van der Waals surface area (Å²) in [6.07, 6.45) is 3.41. The number of hydrogen-bond donors (Lipinski definition) is 1. The molecule has 0 bridgehead atoms. The first-order valence-electron chi connectivity index (χ1n) is 7.23. The van der Waals surface area contributed by atoms with Crippen molar-refractivity contribution in [2.75, 3.05) is 6.54 Å². The molecule has 1 aromatic carbocycles. The van der Waals surface area contributed by atoms with Gasteiger partial charge in [-0.1, -0.05) is 30.3 Å². The van der Waals surface area contributed by atoms with Crippen molar-refractivity contribution in [3.05, 3.63) is 66.0 Å². The topological polar surface area (TPSA) is 70.5 Å². The molecule has 118 valence electrons. The standard InChI is InChI=1S/C17H15ClN2O3/c18-14-8-10-20(15(21)12-5-4-9-19-11-12)17(14,16(22)23)13-6-2-1-3-7-13/h1-7,9,11,14H,8,10H2,(H,22,23). The van der Waals surface area contributed by atoms with Gasteiger partial charge in [0, 0.05) is 18.9 Å². The minimum Gasteiger partial charge on any atom is -0.479 e. The van der Waals surface area contributed by atoms with Crippen LogP contribution >= 0.6 is 11.6 Å². The molecule has 1 amide bonds. The van der Waals surface area contributed by atoms with Gasteiger partial charge in [0.15, 0.2) is 5.54 Å². The highest BCUT2D eigenvalue weighted by Gasteiger charge is 2.57. The fraction of sp³-hybridized carbons (Fsp3) is 0.235. The molecule has 23 heavy (non-hydrogen) atoms. The molecule has 1 N–H and O–H groups in total. The summed E-state index contributed by atoms with van der Waals surface area (Å²) in [5.41, 5.74) is -0.725. The van der Waals surface area contributed by atoms with Crippen LogP contribution < -0.4 is 0 Å². The molecular weight excluding hydrogens is 316 g/mol. The van der Waals surface area contributed by atoms with Gasteiger partial charge in [0.05, 0.1) is 10.9 Å². The second kappa shape index (κ2) is 6.01. The number of aromatic nitrogens is 1. The number of carbonyl (C=O) groups excluding carboxylic acids is 1. The zero-order valence-corrected chi connectivity index (χ0v) is 13.0. The van der Waals surface area contributed by atoms with E-state index in [0.717, 1.165) is 0 Å². The van der Waals surface area contributed by atoms with E-state index in [0.29, 0.717) is 17.5 Å². The van der Waals surface area contributed by atoms with Crippen LogP contribution in [0.1, 0.15) is 22.3 Å². The molecule has 3 rings (SSSR count). The van der Waals surface area contributed by atoms with Crippen molar-refractivity contribution in [3.8, 4) is 0 Å². The molecule has 2 heterocycles. The molecule has 1 fully saturated rings. The van der Waals surface area contributed by atoms with E-state index in [1.54, 1.807) is 48.7 Å². The third-order valence-corrected chi connectivity index (χ3v) is 4.71. The Hall–Kier alpha value is -2.40. The number of carbonyl (C=O) groups is 2. The summed E-state index contributed by atoms with van der Waals surface area (Å²) in [6.45, 7) is 0.281. The number of likely N-dealkylation sites (tertiary alicyclic amines) is 1. The van der Waals surface area contributed by atoms with Gasteiger partial charge in [-0.15, -0.1) is 11.6 Å². The highest BCUT2D eigenvalue weighted by Crippen LogP contribution is 2.43. The quantitative estimate of drug-likeness (QED) is 0.878. The molecule has 0 aliphatic carbocycles. The molecule has 1 aliphatic heterocycles. The molecule has 2 unspecified atom stereocenters. The van der Waals surface area contributed by atoms with Gasteiger partial charge < -0.3 is 10.0 Å². The number of nitrogens with zero attached hydrogens (tertiary/aromatic N) is 2. The van der Waals surface area contributed by atoms with Crippen molar-refractivity contribution in [1.29, 1.82) is 0 Å². The van der Waals surface area contributed by atoms with Gasteiger partial charge in [-0.3, -0.25) is 9.78 Å². The molecule has 0 radical (unpaired) electrons. The molecule has 1 aromatic heterocycles. The maximum absolute atomic E-state index is 12.8. The van der Waals surface area contributed by atoms with Crippen molar-refractivity contribution in [3.63, 3.8) is 0 Å². The maximum atomic E-state index is 12.8. The number of alkyl halides is 1. The van der Waals surface area contributed by atoms with Gasteiger partial charge in [0.2, 0.25) is 0 Å². The SMILES string of the molecule is O=C(c1cccnc1)N1CCC(Cl)C1(C(=O)O)c1ccccc1. The van der Waals surface area contributed by atoms with Crippen LogP contribution in [-0.2, 0) is 10.3 Å². The first-order chi connectivity index (χ1) is 11.1. The van der Waals surface area contributed by atoms with Gasteiger partial charge in [-0.2, -0.15) is 0 Å². The number of amides is 1. The fourth-order valence-electron chi connectivity index (χ4n) is 3.11. The van der Waals surface area contributed by atoms with Crippen LogP contribution in [0.15, 0.2) is 54.9 Å². The van der Waals surface area contributed by atoms with E-state index in [9.17, 15) is 14.7 Å². The van der Waals surface area contributed by atoms with E-state index in [1.165, 1.54) is 11.1 Å². The van der Waals surface area contributed by atoms with E-state index >= 15 is 0 Å². The fourth-order valence-corrected chi connectivity index (χ4v) is 3.54. The molecule has 6 heteroatoms. The Morgan fingerprint density at radius 3 is 2.57 bits per heavy atom. The smallest absolute Gasteiger partial charge is 0.335 e. The van der Waals surface area contributed by atoms with Gasteiger partial charge in [-0.05, 0) is 24.1 Å². The molecule has 2 aromatic rings. The summed E-state index contributed by atoms with van der Waals surface area (Å²) in [7, 11) is 0. The third kappa shape index (κ3) is 2.37. The predicted octanol–water partition coefficient (Wildman–Crippen LogP) is 2.52. The Bertz CT molecular complexity index is 723. The summed E-state index contributed by atoms with van der Waals surface area (Å²) in [5.74, 6) is -1.51. The summed E-state index contributed by atoms with van der Waals surface area (Å²) in [6, 6.07) is 11.9. The van der Waals surface area contributed by atoms with Crippen LogP contribution in [0, 0.1) is 0 Å².